The number of hydrogen-bond donors (Lipinski definition) is 3. The van der Waals surface area contributed by atoms with Gasteiger partial charge >= 0.3 is 6.18 Å². The first-order valence-electron chi connectivity index (χ1n) is 11.1. The molecule has 1 spiro atoms. The van der Waals surface area contributed by atoms with Crippen LogP contribution in [-0.4, -0.2) is 47.4 Å². The molecule has 1 aliphatic heterocycles. The maximum atomic E-state index is 13.9. The van der Waals surface area contributed by atoms with Crippen molar-refractivity contribution in [3.05, 3.63) is 36.2 Å². The van der Waals surface area contributed by atoms with Crippen LogP contribution in [0.15, 0.2) is 30.6 Å². The van der Waals surface area contributed by atoms with E-state index in [2.05, 4.69) is 25.6 Å². The Bertz CT molecular complexity index is 1240. The summed E-state index contributed by atoms with van der Waals surface area (Å²) in [7, 11) is -2.63. The molecule has 5 rings (SSSR count). The van der Waals surface area contributed by atoms with Gasteiger partial charge < -0.3 is 20.2 Å². The highest BCUT2D eigenvalue weighted by Gasteiger charge is 2.41. The normalized spacial score (nSPS) is 23.6. The first-order chi connectivity index (χ1) is 15.6. The number of hydrogen-bond acceptors (Lipinski definition) is 5. The fraction of sp³-hybridized carbons (Fsp3) is 0.478. The number of para-hydroxylation sites is 1. The van der Waals surface area contributed by atoms with Crippen molar-refractivity contribution < 1.29 is 17.7 Å². The molecule has 1 saturated carbocycles. The molecule has 0 unspecified atom stereocenters. The lowest BCUT2D eigenvalue weighted by molar-refractivity contribution is -0.137. The van der Waals surface area contributed by atoms with Gasteiger partial charge in [-0.3, -0.25) is 0 Å². The van der Waals surface area contributed by atoms with Crippen molar-refractivity contribution in [1.29, 1.82) is 0 Å². The molecule has 0 bridgehead atoms. The van der Waals surface area contributed by atoms with E-state index in [4.69, 9.17) is 0 Å². The summed E-state index contributed by atoms with van der Waals surface area (Å²) in [6.07, 6.45) is 1.89. The number of alkyl halides is 3. The lowest BCUT2D eigenvalue weighted by Gasteiger charge is -2.22. The first kappa shape index (κ1) is 22.4. The molecule has 0 amide bonds. The highest BCUT2D eigenvalue weighted by Crippen LogP contribution is 2.44. The minimum absolute atomic E-state index is 0.134. The van der Waals surface area contributed by atoms with Crippen LogP contribution >= 0.6 is 7.14 Å². The molecule has 33 heavy (non-hydrogen) atoms. The summed E-state index contributed by atoms with van der Waals surface area (Å²) >= 11 is 0. The zero-order valence-electron chi connectivity index (χ0n) is 18.6. The number of fused-ring (bicyclic) bond motifs is 1. The van der Waals surface area contributed by atoms with Crippen LogP contribution < -0.4 is 15.9 Å². The van der Waals surface area contributed by atoms with Crippen LogP contribution in [0.1, 0.15) is 31.2 Å². The topological polar surface area (TPSA) is 82.7 Å². The van der Waals surface area contributed by atoms with Gasteiger partial charge in [-0.1, -0.05) is 12.1 Å². The molecule has 2 aliphatic rings. The molecular weight excluding hydrogens is 450 g/mol. The maximum absolute atomic E-state index is 13.9. The zero-order chi connectivity index (χ0) is 23.4. The van der Waals surface area contributed by atoms with Crippen molar-refractivity contribution >= 4 is 29.3 Å². The van der Waals surface area contributed by atoms with E-state index in [0.717, 1.165) is 45.0 Å². The van der Waals surface area contributed by atoms with E-state index in [-0.39, 0.29) is 23.1 Å². The van der Waals surface area contributed by atoms with Crippen molar-refractivity contribution in [2.75, 3.05) is 31.7 Å². The van der Waals surface area contributed by atoms with Crippen molar-refractivity contribution in [1.82, 2.24) is 20.3 Å². The highest BCUT2D eigenvalue weighted by molar-refractivity contribution is 7.70. The second-order valence-corrected chi connectivity index (χ2v) is 12.9. The highest BCUT2D eigenvalue weighted by atomic mass is 31.2. The van der Waals surface area contributed by atoms with Gasteiger partial charge in [0.15, 0.2) is 0 Å². The van der Waals surface area contributed by atoms with Crippen molar-refractivity contribution in [2.24, 2.45) is 5.41 Å². The standard InChI is InChI=1S/C23H27F3N5OP/c1-33(2,32)18-5-3-4-15-16(11-28-20(15)18)19-17(23(24,25)26)12-29-21(31-19)30-14-6-7-22(10-14)8-9-27-13-22/h3-5,11-12,14,27-28H,6-10,13H2,1-2H3,(H,29,30,31)/t14-,22-/m1/s1. The summed E-state index contributed by atoms with van der Waals surface area (Å²) in [5, 5.41) is 7.86. The molecule has 0 radical (unpaired) electrons. The lowest BCUT2D eigenvalue weighted by Crippen LogP contribution is -2.24. The molecule has 1 aliphatic carbocycles. The first-order valence-corrected chi connectivity index (χ1v) is 13.7. The van der Waals surface area contributed by atoms with Crippen molar-refractivity contribution in [3.63, 3.8) is 0 Å². The second kappa shape index (κ2) is 7.84. The molecule has 3 aromatic rings. The molecule has 3 heterocycles. The van der Waals surface area contributed by atoms with Crippen LogP contribution in [0.2, 0.25) is 0 Å². The monoisotopic (exact) mass is 477 g/mol. The van der Waals surface area contributed by atoms with Gasteiger partial charge in [0.25, 0.3) is 0 Å². The van der Waals surface area contributed by atoms with E-state index in [1.807, 2.05) is 0 Å². The van der Waals surface area contributed by atoms with Gasteiger partial charge in [0.1, 0.15) is 12.7 Å². The summed E-state index contributed by atoms with van der Waals surface area (Å²) in [6.45, 7) is 5.29. The molecule has 1 aromatic carbocycles. The molecule has 10 heteroatoms. The predicted molar refractivity (Wildman–Crippen MR) is 125 cm³/mol. The fourth-order valence-electron chi connectivity index (χ4n) is 5.34. The zero-order valence-corrected chi connectivity index (χ0v) is 19.5. The molecule has 2 atom stereocenters. The predicted octanol–water partition coefficient (Wildman–Crippen LogP) is 4.84. The Kier molecular flexibility index (Phi) is 5.33. The summed E-state index contributed by atoms with van der Waals surface area (Å²) < 4.78 is 54.4. The summed E-state index contributed by atoms with van der Waals surface area (Å²) in [5.74, 6) is 0.202. The molecule has 2 aromatic heterocycles. The van der Waals surface area contributed by atoms with Crippen molar-refractivity contribution in [2.45, 2.75) is 37.9 Å². The van der Waals surface area contributed by atoms with Gasteiger partial charge in [0.05, 0.1) is 11.2 Å². The number of aromatic nitrogens is 3. The smallest absolute Gasteiger partial charge is 0.360 e. The van der Waals surface area contributed by atoms with Crippen LogP contribution in [0.4, 0.5) is 19.1 Å². The maximum Gasteiger partial charge on any atom is 0.419 e. The van der Waals surface area contributed by atoms with Crippen molar-refractivity contribution in [3.8, 4) is 11.3 Å². The molecule has 1 saturated heterocycles. The third-order valence-electron chi connectivity index (χ3n) is 6.99. The van der Waals surface area contributed by atoms with Gasteiger partial charge in [0, 0.05) is 41.2 Å². The molecule has 2 fully saturated rings. The van der Waals surface area contributed by atoms with Crippen LogP contribution in [0.3, 0.4) is 0 Å². The number of nitrogens with zero attached hydrogens (tertiary/aromatic N) is 2. The summed E-state index contributed by atoms with van der Waals surface area (Å²) in [4.78, 5) is 11.4. The molecule has 3 N–H and O–H groups in total. The fourth-order valence-corrected chi connectivity index (χ4v) is 6.51. The molecule has 6 nitrogen and oxygen atoms in total. The van der Waals surface area contributed by atoms with Gasteiger partial charge in [-0.05, 0) is 57.0 Å². The second-order valence-electron chi connectivity index (χ2n) is 9.72. The average Bonchev–Trinajstić information content (AvgIpc) is 3.47. The van der Waals surface area contributed by atoms with E-state index in [1.165, 1.54) is 6.20 Å². The minimum atomic E-state index is -4.60. The van der Waals surface area contributed by atoms with E-state index in [1.54, 1.807) is 31.5 Å². The number of halogens is 3. The number of nitrogens with one attached hydrogen (secondary N) is 3. The Hall–Kier alpha value is -2.38. The Morgan fingerprint density at radius 3 is 2.76 bits per heavy atom. The third kappa shape index (κ3) is 4.17. The molecule has 176 valence electrons. The van der Waals surface area contributed by atoms with Gasteiger partial charge in [-0.15, -0.1) is 0 Å². The Balaban J connectivity index is 1.55. The summed E-state index contributed by atoms with van der Waals surface area (Å²) in [6, 6.07) is 5.32. The Morgan fingerprint density at radius 1 is 1.24 bits per heavy atom. The lowest BCUT2D eigenvalue weighted by atomic mass is 9.85. The van der Waals surface area contributed by atoms with E-state index < -0.39 is 18.9 Å². The number of anilines is 1. The van der Waals surface area contributed by atoms with Crippen LogP contribution in [0, 0.1) is 5.41 Å². The van der Waals surface area contributed by atoms with E-state index in [0.29, 0.717) is 21.8 Å². The largest absolute Gasteiger partial charge is 0.419 e. The third-order valence-corrected chi connectivity index (χ3v) is 8.52. The summed E-state index contributed by atoms with van der Waals surface area (Å²) in [5.41, 5.74) is 0.0991. The number of rotatable bonds is 4. The molecular formula is C23H27F3N5OP. The number of benzene rings is 1. The van der Waals surface area contributed by atoms with Crippen LogP contribution in [0.5, 0.6) is 0 Å². The number of H-pyrrole nitrogens is 1. The van der Waals surface area contributed by atoms with Gasteiger partial charge in [-0.2, -0.15) is 13.2 Å². The number of aromatic amines is 1. The quantitative estimate of drug-likeness (QED) is 0.469. The minimum Gasteiger partial charge on any atom is -0.360 e. The van der Waals surface area contributed by atoms with E-state index in [9.17, 15) is 17.7 Å². The Labute approximate surface area is 190 Å². The van der Waals surface area contributed by atoms with Crippen LogP contribution in [-0.2, 0) is 10.7 Å². The average molecular weight is 477 g/mol. The van der Waals surface area contributed by atoms with Gasteiger partial charge in [0.2, 0.25) is 5.95 Å². The Morgan fingerprint density at radius 2 is 2.06 bits per heavy atom. The van der Waals surface area contributed by atoms with Gasteiger partial charge in [-0.25, -0.2) is 9.97 Å². The van der Waals surface area contributed by atoms with Crippen LogP contribution in [0.25, 0.3) is 22.2 Å². The SMILES string of the molecule is CP(C)(=O)c1cccc2c(-c3nc(N[C@@H]4CC[C@@]5(CCNC5)C4)ncc3C(F)(F)F)c[nH]c12. The van der Waals surface area contributed by atoms with E-state index >= 15 is 0 Å².